The normalized spacial score (nSPS) is 29.5. The van der Waals surface area contributed by atoms with Crippen LogP contribution >= 0.6 is 45.2 Å². The van der Waals surface area contributed by atoms with Gasteiger partial charge in [0.25, 0.3) is 11.8 Å². The Hall–Kier alpha value is -0.970. The molecule has 0 radical (unpaired) electrons. The number of allylic oxidation sites excluding steroid dienone is 2. The second kappa shape index (κ2) is 6.88. The summed E-state index contributed by atoms with van der Waals surface area (Å²) in [6.45, 7) is 3.98. The van der Waals surface area contributed by atoms with Crippen molar-refractivity contribution in [2.75, 3.05) is 0 Å². The highest BCUT2D eigenvalue weighted by Crippen LogP contribution is 2.52. The summed E-state index contributed by atoms with van der Waals surface area (Å²) in [5, 5.41) is 5.32. The molecule has 2 aliphatic carbocycles. The van der Waals surface area contributed by atoms with Crippen molar-refractivity contribution >= 4 is 63.2 Å². The zero-order valence-electron chi connectivity index (χ0n) is 14.4. The second-order valence-corrected chi connectivity index (χ2v) is 9.54. The highest BCUT2D eigenvalue weighted by Gasteiger charge is 2.59. The Kier molecular flexibility index (Phi) is 4.87. The van der Waals surface area contributed by atoms with Crippen LogP contribution in [0.2, 0.25) is 0 Å². The van der Waals surface area contributed by atoms with E-state index < -0.39 is 0 Å². The fourth-order valence-electron chi connectivity index (χ4n) is 4.13. The van der Waals surface area contributed by atoms with Crippen molar-refractivity contribution in [2.45, 2.75) is 26.4 Å². The van der Waals surface area contributed by atoms with Crippen LogP contribution in [0.1, 0.15) is 25.8 Å². The predicted molar refractivity (Wildman–Crippen MR) is 115 cm³/mol. The first-order chi connectivity index (χ1) is 12.4. The van der Waals surface area contributed by atoms with Crippen LogP contribution in [0.4, 0.5) is 0 Å². The van der Waals surface area contributed by atoms with Gasteiger partial charge in [0.1, 0.15) is 5.75 Å². The summed E-state index contributed by atoms with van der Waals surface area (Å²) in [6, 6.07) is 3.89. The fraction of sp³-hybridized carbons (Fsp3) is 0.421. The van der Waals surface area contributed by atoms with Crippen LogP contribution in [0.15, 0.2) is 29.4 Å². The van der Waals surface area contributed by atoms with Crippen LogP contribution in [0.5, 0.6) is 5.75 Å². The number of amides is 2. The molecule has 0 aromatic heterocycles. The van der Waals surface area contributed by atoms with Gasteiger partial charge in [0, 0.05) is 0 Å². The lowest BCUT2D eigenvalue weighted by molar-refractivity contribution is -0.140. The quantitative estimate of drug-likeness (QED) is 0.237. The maximum atomic E-state index is 12.7. The number of carbonyl (C=O) groups excluding carboxylic acids is 2. The predicted octanol–water partition coefficient (Wildman–Crippen LogP) is 3.82. The molecule has 2 bridgehead atoms. The zero-order chi connectivity index (χ0) is 18.6. The molecule has 1 saturated carbocycles. The average Bonchev–Trinajstić information content (AvgIpc) is 3.24. The molecule has 1 aliphatic heterocycles. The molecule has 4 atom stereocenters. The average molecular weight is 576 g/mol. The van der Waals surface area contributed by atoms with Crippen molar-refractivity contribution in [1.29, 1.82) is 0 Å². The summed E-state index contributed by atoms with van der Waals surface area (Å²) in [5.41, 5.74) is 0.841. The van der Waals surface area contributed by atoms with E-state index in [4.69, 9.17) is 4.74 Å². The smallest absolute Gasteiger partial charge is 0.254 e. The van der Waals surface area contributed by atoms with Crippen molar-refractivity contribution in [3.8, 4) is 5.75 Å². The van der Waals surface area contributed by atoms with Crippen molar-refractivity contribution in [3.63, 3.8) is 0 Å². The lowest BCUT2D eigenvalue weighted by atomic mass is 9.85. The lowest BCUT2D eigenvalue weighted by Crippen LogP contribution is -2.28. The summed E-state index contributed by atoms with van der Waals surface area (Å²) < 4.78 is 7.79. The molecule has 1 aromatic carbocycles. The molecule has 2 amide bonds. The molecule has 4 rings (SSSR count). The molecule has 0 spiro atoms. The van der Waals surface area contributed by atoms with Gasteiger partial charge in [0.05, 0.1) is 31.3 Å². The van der Waals surface area contributed by atoms with E-state index in [0.29, 0.717) is 0 Å². The molecule has 5 nitrogen and oxygen atoms in total. The van der Waals surface area contributed by atoms with Gasteiger partial charge in [-0.3, -0.25) is 9.59 Å². The Bertz CT molecular complexity index is 796. The van der Waals surface area contributed by atoms with E-state index >= 15 is 0 Å². The van der Waals surface area contributed by atoms with Gasteiger partial charge in [-0.2, -0.15) is 10.1 Å². The van der Waals surface area contributed by atoms with Crippen LogP contribution in [0, 0.1) is 30.8 Å². The minimum Gasteiger partial charge on any atom is -0.489 e. The number of rotatable bonds is 4. The molecule has 0 unspecified atom stereocenters. The Labute approximate surface area is 179 Å². The van der Waals surface area contributed by atoms with Gasteiger partial charge in [-0.25, -0.2) is 0 Å². The molecule has 136 valence electrons. The number of benzene rings is 1. The molecule has 3 aliphatic rings. The minimum absolute atomic E-state index is 0.0970. The Morgan fingerprint density at radius 2 is 1.65 bits per heavy atom. The summed E-state index contributed by atoms with van der Waals surface area (Å²) in [4.78, 5) is 25.3. The Morgan fingerprint density at radius 1 is 1.12 bits per heavy atom. The van der Waals surface area contributed by atoms with Gasteiger partial charge in [-0.15, -0.1) is 0 Å². The second-order valence-electron chi connectivity index (χ2n) is 7.21. The van der Waals surface area contributed by atoms with Crippen LogP contribution < -0.4 is 4.74 Å². The standard InChI is InChI=1S/C19H18I2N2O3/c1-9(2)26-17-13(20)5-10(6-14(17)21)8-22-23-18(24)15-11-3-4-12(7-11)16(15)19(23)25/h3-6,8-9,11-12,15-16H,7H2,1-2H3/b22-8-/t11-,12-,15-,16-/m0/s1. The molecule has 26 heavy (non-hydrogen) atoms. The first kappa shape index (κ1) is 18.4. The number of imide groups is 1. The number of halogens is 2. The summed E-state index contributed by atoms with van der Waals surface area (Å²) in [5.74, 6) is 0.527. The number of ether oxygens (including phenoxy) is 1. The Morgan fingerprint density at radius 3 is 2.15 bits per heavy atom. The van der Waals surface area contributed by atoms with Crippen molar-refractivity contribution in [2.24, 2.45) is 28.8 Å². The van der Waals surface area contributed by atoms with Crippen molar-refractivity contribution in [1.82, 2.24) is 5.01 Å². The van der Waals surface area contributed by atoms with Crippen molar-refractivity contribution < 1.29 is 14.3 Å². The van der Waals surface area contributed by atoms with Gasteiger partial charge in [-0.05, 0) is 95.0 Å². The third-order valence-electron chi connectivity index (χ3n) is 5.14. The highest BCUT2D eigenvalue weighted by atomic mass is 127. The van der Waals surface area contributed by atoms with Crippen LogP contribution in [-0.2, 0) is 9.59 Å². The molecule has 1 saturated heterocycles. The maximum absolute atomic E-state index is 12.7. The largest absolute Gasteiger partial charge is 0.489 e. The minimum atomic E-state index is -0.211. The maximum Gasteiger partial charge on any atom is 0.254 e. The number of fused-ring (bicyclic) bond motifs is 5. The Balaban J connectivity index is 1.56. The summed E-state index contributed by atoms with van der Waals surface area (Å²) >= 11 is 4.46. The van der Waals surface area contributed by atoms with Gasteiger partial charge in [0.2, 0.25) is 0 Å². The van der Waals surface area contributed by atoms with Crippen LogP contribution in [-0.4, -0.2) is 29.1 Å². The molecule has 2 fully saturated rings. The van der Waals surface area contributed by atoms with Crippen LogP contribution in [0.25, 0.3) is 0 Å². The SMILES string of the molecule is CC(C)Oc1c(I)cc(/C=N\N2C(=O)[C@@H]3[C@@H](C2=O)[C@H]2C=C[C@H]3C2)cc1I. The highest BCUT2D eigenvalue weighted by molar-refractivity contribution is 14.1. The zero-order valence-corrected chi connectivity index (χ0v) is 18.7. The molecule has 1 aromatic rings. The lowest BCUT2D eigenvalue weighted by Gasteiger charge is -2.14. The van der Waals surface area contributed by atoms with Gasteiger partial charge < -0.3 is 4.74 Å². The molecule has 1 heterocycles. The van der Waals surface area contributed by atoms with Gasteiger partial charge in [0.15, 0.2) is 0 Å². The number of hydrazone groups is 1. The molecule has 7 heteroatoms. The molecular weight excluding hydrogens is 558 g/mol. The van der Waals surface area contributed by atoms with Gasteiger partial charge in [-0.1, -0.05) is 12.2 Å². The van der Waals surface area contributed by atoms with E-state index in [1.807, 2.05) is 26.0 Å². The van der Waals surface area contributed by atoms with E-state index in [0.717, 1.165) is 29.9 Å². The van der Waals surface area contributed by atoms with E-state index in [9.17, 15) is 9.59 Å². The fourth-order valence-corrected chi connectivity index (χ4v) is 6.20. The first-order valence-electron chi connectivity index (χ1n) is 8.62. The van der Waals surface area contributed by atoms with Crippen molar-refractivity contribution in [3.05, 3.63) is 37.0 Å². The first-order valence-corrected chi connectivity index (χ1v) is 10.8. The van der Waals surface area contributed by atoms with E-state index in [2.05, 4.69) is 62.4 Å². The van der Waals surface area contributed by atoms with Gasteiger partial charge >= 0.3 is 0 Å². The number of hydrogen-bond acceptors (Lipinski definition) is 4. The topological polar surface area (TPSA) is 59.0 Å². The summed E-state index contributed by atoms with van der Waals surface area (Å²) in [7, 11) is 0. The monoisotopic (exact) mass is 576 g/mol. The molecular formula is C19H18I2N2O3. The summed E-state index contributed by atoms with van der Waals surface area (Å²) in [6.07, 6.45) is 6.79. The third kappa shape index (κ3) is 3.00. The van der Waals surface area contributed by atoms with E-state index in [-0.39, 0.29) is 41.6 Å². The molecule has 0 N–H and O–H groups in total. The number of hydrogen-bond donors (Lipinski definition) is 0. The van der Waals surface area contributed by atoms with E-state index in [1.165, 1.54) is 0 Å². The third-order valence-corrected chi connectivity index (χ3v) is 6.75. The van der Waals surface area contributed by atoms with E-state index in [1.54, 1.807) is 6.21 Å². The number of nitrogens with zero attached hydrogens (tertiary/aromatic N) is 2. The number of carbonyl (C=O) groups is 2. The van der Waals surface area contributed by atoms with Crippen LogP contribution in [0.3, 0.4) is 0 Å².